The molecule has 0 bridgehead atoms. The van der Waals surface area contributed by atoms with Crippen LogP contribution in [0.15, 0.2) is 0 Å². The lowest BCUT2D eigenvalue weighted by Gasteiger charge is -2.42. The summed E-state index contributed by atoms with van der Waals surface area (Å²) in [5.41, 5.74) is 0. The first-order valence-corrected chi connectivity index (χ1v) is 5.53. The lowest BCUT2D eigenvalue weighted by atomic mass is 10.1. The highest BCUT2D eigenvalue weighted by Gasteiger charge is 2.77. The molecule has 2 unspecified atom stereocenters. The number of rotatable bonds is 0. The van der Waals surface area contributed by atoms with Gasteiger partial charge in [0.15, 0.2) is 0 Å². The summed E-state index contributed by atoms with van der Waals surface area (Å²) in [6, 6.07) is -2.31. The summed E-state index contributed by atoms with van der Waals surface area (Å²) in [6.07, 6.45) is 0. The Morgan fingerprint density at radius 3 is 2.22 bits per heavy atom. The van der Waals surface area contributed by atoms with E-state index < -0.39 is 28.1 Å². The Labute approximate surface area is 120 Å². The van der Waals surface area contributed by atoms with E-state index >= 15 is 0 Å². The molecule has 2 fully saturated rings. The maximum absolute atomic E-state index is 11.9. The van der Waals surface area contributed by atoms with E-state index in [-0.39, 0.29) is 13.8 Å². The van der Waals surface area contributed by atoms with Crippen LogP contribution in [0.2, 0.25) is 0 Å². The molecule has 18 heavy (non-hydrogen) atoms. The molecule has 2 heterocycles. The van der Waals surface area contributed by atoms with Crippen LogP contribution in [-0.4, -0.2) is 41.9 Å². The van der Waals surface area contributed by atoms with Crippen molar-refractivity contribution < 1.29 is 14.4 Å². The Hall–Kier alpha value is -1.14. The molecule has 1 N–H and O–H groups in total. The topological polar surface area (TPSA) is 77.3 Å². The van der Waals surface area contributed by atoms with Gasteiger partial charge in [0, 0.05) is 23.6 Å². The number of alkyl halides is 2. The van der Waals surface area contributed by atoms with Crippen LogP contribution in [-0.2, 0) is 4.79 Å². The minimum Gasteiger partial charge on any atom is -0.305 e. The van der Waals surface area contributed by atoms with E-state index in [1.807, 2.05) is 5.32 Å². The van der Waals surface area contributed by atoms with Crippen molar-refractivity contribution in [3.05, 3.63) is 11.5 Å². The highest BCUT2D eigenvalue weighted by atomic mass is 35.5. The monoisotopic (exact) mass is 331 g/mol. The van der Waals surface area contributed by atoms with Gasteiger partial charge >= 0.3 is 18.0 Å². The molecule has 0 saturated carbocycles. The molecular weight excluding hydrogens is 332 g/mol. The highest BCUT2D eigenvalue weighted by Crippen LogP contribution is 2.50. The number of halogens is 4. The summed E-state index contributed by atoms with van der Waals surface area (Å²) in [5.74, 6) is -1.26. The van der Waals surface area contributed by atoms with Crippen molar-refractivity contribution in [2.75, 3.05) is 0 Å². The van der Waals surface area contributed by atoms with Crippen LogP contribution in [0, 0.1) is 6.57 Å². The van der Waals surface area contributed by atoms with Gasteiger partial charge in [-0.2, -0.15) is 15.4 Å². The molecule has 0 radical (unpaired) electrons. The second-order valence-electron chi connectivity index (χ2n) is 3.24. The van der Waals surface area contributed by atoms with E-state index in [1.165, 1.54) is 0 Å². The van der Waals surface area contributed by atoms with Crippen LogP contribution in [0.1, 0.15) is 0 Å². The summed E-state index contributed by atoms with van der Waals surface area (Å²) in [6.45, 7) is 6.71. The van der Waals surface area contributed by atoms with Gasteiger partial charge < -0.3 is 5.32 Å². The third-order valence-electron chi connectivity index (χ3n) is 2.35. The van der Waals surface area contributed by atoms with Crippen molar-refractivity contribution in [2.24, 2.45) is 0 Å². The molecule has 8 nitrogen and oxygen atoms in total. The molecule has 0 spiro atoms. The Morgan fingerprint density at radius 2 is 1.72 bits per heavy atom. The zero-order chi connectivity index (χ0) is 13.9. The van der Waals surface area contributed by atoms with Crippen molar-refractivity contribution in [2.45, 2.75) is 10.1 Å². The number of imide groups is 1. The number of amides is 5. The summed E-state index contributed by atoms with van der Waals surface area (Å²) >= 11 is 23.0. The fourth-order valence-electron chi connectivity index (χ4n) is 1.48. The molecule has 2 aliphatic heterocycles. The van der Waals surface area contributed by atoms with Crippen molar-refractivity contribution in [1.29, 1.82) is 0 Å². The van der Waals surface area contributed by atoms with Gasteiger partial charge in [-0.25, -0.2) is 9.59 Å². The Morgan fingerprint density at radius 1 is 1.17 bits per heavy atom. The van der Waals surface area contributed by atoms with Gasteiger partial charge in [-0.1, -0.05) is 23.2 Å². The standard InChI is InChI=1S/C6HCl4N5O3/c1-11-13-2(16)5(7)6(8,15(10)4(13)18)14(9)3(17)12-5/h(H,12,17). The Bertz CT molecular complexity index is 522. The molecule has 12 heteroatoms. The van der Waals surface area contributed by atoms with E-state index in [1.54, 1.807) is 0 Å². The molecule has 0 aromatic heterocycles. The van der Waals surface area contributed by atoms with Gasteiger partial charge in [-0.3, -0.25) is 4.79 Å². The fourth-order valence-corrected chi connectivity index (χ4v) is 2.73. The lowest BCUT2D eigenvalue weighted by molar-refractivity contribution is -0.135. The average Bonchev–Trinajstić information content (AvgIpc) is 2.51. The Kier molecular flexibility index (Phi) is 2.72. The number of carbonyl (C=O) groups is 3. The predicted octanol–water partition coefficient (Wildman–Crippen LogP) is 1.25. The van der Waals surface area contributed by atoms with Crippen LogP contribution in [0.25, 0.3) is 4.95 Å². The van der Waals surface area contributed by atoms with Gasteiger partial charge in [-0.05, 0) is 0 Å². The second kappa shape index (κ2) is 3.68. The molecule has 96 valence electrons. The molecule has 2 rings (SSSR count). The molecule has 0 aliphatic carbocycles. The van der Waals surface area contributed by atoms with Crippen molar-refractivity contribution >= 4 is 64.7 Å². The third kappa shape index (κ3) is 1.20. The summed E-state index contributed by atoms with van der Waals surface area (Å²) in [5, 5.41) is -0.369. The van der Waals surface area contributed by atoms with Gasteiger partial charge in [0.05, 0.1) is 5.01 Å². The van der Waals surface area contributed by atoms with Gasteiger partial charge in [0.2, 0.25) is 0 Å². The van der Waals surface area contributed by atoms with E-state index in [4.69, 9.17) is 53.3 Å². The number of hydrogen-bond donors (Lipinski definition) is 1. The van der Waals surface area contributed by atoms with Crippen molar-refractivity contribution in [3.8, 4) is 0 Å². The van der Waals surface area contributed by atoms with Crippen molar-refractivity contribution in [1.82, 2.24) is 19.2 Å². The van der Waals surface area contributed by atoms with Crippen LogP contribution in [0.5, 0.6) is 0 Å². The smallest absolute Gasteiger partial charge is 0.305 e. The van der Waals surface area contributed by atoms with Crippen LogP contribution in [0.3, 0.4) is 0 Å². The van der Waals surface area contributed by atoms with E-state index in [0.717, 1.165) is 0 Å². The number of hydrogen-bond acceptors (Lipinski definition) is 3. The van der Waals surface area contributed by atoms with Crippen LogP contribution in [0.4, 0.5) is 9.59 Å². The van der Waals surface area contributed by atoms with Gasteiger partial charge in [0.1, 0.15) is 0 Å². The summed E-state index contributed by atoms with van der Waals surface area (Å²) in [4.78, 5) is 35.2. The largest absolute Gasteiger partial charge is 0.413 e. The highest BCUT2D eigenvalue weighted by molar-refractivity contribution is 6.51. The van der Waals surface area contributed by atoms with E-state index in [2.05, 4.69) is 4.95 Å². The molecule has 0 aromatic rings. The number of nitrogens with zero attached hydrogens (tertiary/aromatic N) is 4. The first-order valence-electron chi connectivity index (χ1n) is 4.09. The van der Waals surface area contributed by atoms with Crippen LogP contribution >= 0.6 is 46.8 Å². The van der Waals surface area contributed by atoms with E-state index in [9.17, 15) is 14.4 Å². The molecule has 2 atom stereocenters. The second-order valence-corrected chi connectivity index (χ2v) is 5.01. The zero-order valence-corrected chi connectivity index (χ0v) is 11.0. The average molecular weight is 333 g/mol. The molecule has 2 saturated heterocycles. The molecular formula is C6HCl4N5O3. The first-order chi connectivity index (χ1) is 8.21. The lowest BCUT2D eigenvalue weighted by Crippen LogP contribution is -2.73. The number of nitrogens with one attached hydrogen (secondary N) is 1. The minimum atomic E-state index is -2.37. The minimum absolute atomic E-state index is 0.0386. The van der Waals surface area contributed by atoms with E-state index in [0.29, 0.717) is 0 Å². The predicted molar refractivity (Wildman–Crippen MR) is 59.9 cm³/mol. The quantitative estimate of drug-likeness (QED) is 0.314. The maximum Gasteiger partial charge on any atom is 0.413 e. The fraction of sp³-hybridized carbons (Fsp3) is 0.333. The molecule has 2 aliphatic rings. The van der Waals surface area contributed by atoms with Crippen LogP contribution < -0.4 is 5.32 Å². The Balaban J connectivity index is 2.66. The number of fused-ring (bicyclic) bond motifs is 1. The number of carbonyl (C=O) groups excluding carboxylic acids is 3. The normalized spacial score (nSPS) is 35.5. The summed E-state index contributed by atoms with van der Waals surface area (Å²) < 4.78 is 0.470. The first kappa shape index (κ1) is 13.3. The molecule has 5 amide bonds. The summed E-state index contributed by atoms with van der Waals surface area (Å²) in [7, 11) is 0. The van der Waals surface area contributed by atoms with Crippen molar-refractivity contribution in [3.63, 3.8) is 0 Å². The maximum atomic E-state index is 11.9. The van der Waals surface area contributed by atoms with Gasteiger partial charge in [0.25, 0.3) is 10.1 Å². The number of urea groups is 2. The van der Waals surface area contributed by atoms with Gasteiger partial charge in [-0.15, -0.1) is 4.95 Å². The zero-order valence-electron chi connectivity index (χ0n) is 8.03. The molecule has 0 aromatic carbocycles. The third-order valence-corrected chi connectivity index (χ3v) is 4.55. The SMILES string of the molecule is [C-]#[N+]N1C(=O)N(Cl)C2(Cl)N(Cl)C(=O)NC2(Cl)C1=O.